The van der Waals surface area contributed by atoms with Crippen LogP contribution in [0.2, 0.25) is 0 Å². The highest BCUT2D eigenvalue weighted by molar-refractivity contribution is 7.13. The normalized spacial score (nSPS) is 13.9. The van der Waals surface area contributed by atoms with Crippen molar-refractivity contribution in [2.24, 2.45) is 0 Å². The molecule has 2 aromatic heterocycles. The summed E-state index contributed by atoms with van der Waals surface area (Å²) in [5, 5.41) is 10.8. The molecular weight excluding hydrogens is 544 g/mol. The number of carbonyl (C=O) groups is 2. The van der Waals surface area contributed by atoms with Crippen LogP contribution in [0.25, 0.3) is 5.13 Å². The minimum Gasteiger partial charge on any atom is -0.274 e. The number of halogens is 1. The van der Waals surface area contributed by atoms with Gasteiger partial charge in [0.05, 0.1) is 16.2 Å². The summed E-state index contributed by atoms with van der Waals surface area (Å²) >= 11 is 1.58. The molecule has 2 amide bonds. The highest BCUT2D eigenvalue weighted by atomic mass is 35.7. The van der Waals surface area contributed by atoms with Gasteiger partial charge >= 0.3 is 5.13 Å². The van der Waals surface area contributed by atoms with Crippen molar-refractivity contribution in [1.29, 1.82) is 0 Å². The Morgan fingerprint density at radius 2 is 1.33 bits per heavy atom. The molecule has 1 aliphatic heterocycles. The fourth-order valence-corrected chi connectivity index (χ4v) is 5.22. The Bertz CT molecular complexity index is 1300. The fourth-order valence-electron chi connectivity index (χ4n) is 4.31. The molecule has 0 atom stereocenters. The summed E-state index contributed by atoms with van der Waals surface area (Å²) in [5.41, 5.74) is 4.48. The molecule has 1 aliphatic rings. The minimum atomic E-state index is -4.94. The van der Waals surface area contributed by atoms with Crippen LogP contribution in [0, 0.1) is 17.2 Å². The van der Waals surface area contributed by atoms with Gasteiger partial charge in [0.25, 0.3) is 11.8 Å². The monoisotopic (exact) mass is 576 g/mol. The number of hydrogen-bond acceptors (Lipinski definition) is 9. The lowest BCUT2D eigenvalue weighted by atomic mass is 9.86. The Hall–Kier alpha value is -2.80. The highest BCUT2D eigenvalue weighted by Crippen LogP contribution is 2.29. The van der Waals surface area contributed by atoms with Crippen LogP contribution in [0.15, 0.2) is 36.4 Å². The smallest absolute Gasteiger partial charge is 0.274 e. The number of benzene rings is 1. The Morgan fingerprint density at radius 1 is 0.872 bits per heavy atom. The van der Waals surface area contributed by atoms with Crippen molar-refractivity contribution in [3.8, 4) is 5.13 Å². The average molecular weight is 577 g/mol. The van der Waals surface area contributed by atoms with Crippen molar-refractivity contribution in [2.45, 2.75) is 72.1 Å². The summed E-state index contributed by atoms with van der Waals surface area (Å²) in [6.45, 7) is 15.8. The van der Waals surface area contributed by atoms with Crippen LogP contribution >= 0.6 is 11.3 Å². The van der Waals surface area contributed by atoms with Gasteiger partial charge in [-0.25, -0.2) is 18.6 Å². The second kappa shape index (κ2) is 11.4. The van der Waals surface area contributed by atoms with Gasteiger partial charge in [0.1, 0.15) is 16.4 Å². The van der Waals surface area contributed by atoms with Crippen LogP contribution in [0.3, 0.4) is 0 Å². The second-order valence-electron chi connectivity index (χ2n) is 11.4. The van der Waals surface area contributed by atoms with Gasteiger partial charge in [-0.3, -0.25) is 14.5 Å². The van der Waals surface area contributed by atoms with E-state index in [-0.39, 0.29) is 22.6 Å². The molecule has 0 aliphatic carbocycles. The van der Waals surface area contributed by atoms with E-state index in [0.717, 1.165) is 10.1 Å². The van der Waals surface area contributed by atoms with E-state index < -0.39 is 10.2 Å². The summed E-state index contributed by atoms with van der Waals surface area (Å²) in [7, 11) is -4.94. The number of fused-ring (bicyclic) bond motifs is 1. The molecule has 3 heterocycles. The van der Waals surface area contributed by atoms with Crippen LogP contribution in [-0.4, -0.2) is 33.5 Å². The standard InChI is InChI=1S/C27H33N4O2S.ClHO4/c1-17-15-20(26(2,3)4)31(21(16-17)27(5,6)7)25-29-28-22(34-25)13-10-14-30-23(32)18-11-8-9-12-19(18)24(30)33;2-1(3,4)5/h8-9,11-12,15-16H,10,13-14H2,1-7H3;(H,2,3,4,5)/q+1;/p-1. The summed E-state index contributed by atoms with van der Waals surface area (Å²) in [6, 6.07) is 11.5. The number of aryl methyl sites for hydroxylation is 2. The zero-order valence-electron chi connectivity index (χ0n) is 23.1. The minimum absolute atomic E-state index is 0.0661. The van der Waals surface area contributed by atoms with E-state index in [1.165, 1.54) is 21.9 Å². The van der Waals surface area contributed by atoms with Crippen molar-refractivity contribution in [1.82, 2.24) is 15.1 Å². The molecule has 0 saturated carbocycles. The fraction of sp³-hybridized carbons (Fsp3) is 0.444. The molecule has 0 radical (unpaired) electrons. The SMILES string of the molecule is Cc1cc(C(C)(C)C)[n+](-c2nnc(CCCN3C(=O)c4ccccc4C3=O)s2)c(C(C)(C)C)c1.[O-][Cl+3]([O-])([O-])[O-]. The van der Waals surface area contributed by atoms with Crippen LogP contribution in [-0.2, 0) is 17.3 Å². The predicted octanol–water partition coefficient (Wildman–Crippen LogP) is 0.191. The first kappa shape index (κ1) is 30.7. The van der Waals surface area contributed by atoms with Gasteiger partial charge in [-0.05, 0) is 59.6 Å². The topological polar surface area (TPSA) is 159 Å². The van der Waals surface area contributed by atoms with E-state index in [1.807, 2.05) is 0 Å². The number of carbonyl (C=O) groups excluding carboxylic acids is 2. The third-order valence-electron chi connectivity index (χ3n) is 6.05. The van der Waals surface area contributed by atoms with E-state index in [0.29, 0.717) is 30.5 Å². The average Bonchev–Trinajstić information content (AvgIpc) is 3.35. The maximum Gasteiger partial charge on any atom is 0.415 e. The molecule has 0 spiro atoms. The first-order chi connectivity index (χ1) is 17.9. The molecule has 0 unspecified atom stereocenters. The van der Waals surface area contributed by atoms with Crippen LogP contribution in [0.1, 0.15) is 90.6 Å². The summed E-state index contributed by atoms with van der Waals surface area (Å²) in [5.74, 6) is -0.420. The van der Waals surface area contributed by atoms with Crippen LogP contribution in [0.4, 0.5) is 0 Å². The largest absolute Gasteiger partial charge is 0.415 e. The molecular formula is C27H33ClN4O6S. The lowest BCUT2D eigenvalue weighted by Crippen LogP contribution is -2.68. The van der Waals surface area contributed by atoms with Crippen LogP contribution < -0.4 is 23.2 Å². The quantitative estimate of drug-likeness (QED) is 0.307. The van der Waals surface area contributed by atoms with Gasteiger partial charge in [-0.2, -0.15) is 4.57 Å². The summed E-state index contributed by atoms with van der Waals surface area (Å²) < 4.78 is 36.2. The lowest BCUT2D eigenvalue weighted by molar-refractivity contribution is -2.00. The molecule has 0 N–H and O–H groups in total. The Balaban J connectivity index is 0.000000771. The summed E-state index contributed by atoms with van der Waals surface area (Å²) in [4.78, 5) is 26.6. The van der Waals surface area contributed by atoms with E-state index in [9.17, 15) is 9.59 Å². The van der Waals surface area contributed by atoms with E-state index in [2.05, 4.69) is 75.4 Å². The number of rotatable bonds is 5. The van der Waals surface area contributed by atoms with Gasteiger partial charge in [0.2, 0.25) is 0 Å². The van der Waals surface area contributed by atoms with Crippen molar-refractivity contribution in [2.75, 3.05) is 6.54 Å². The van der Waals surface area contributed by atoms with Crippen molar-refractivity contribution >= 4 is 23.2 Å². The zero-order chi connectivity index (χ0) is 29.3. The number of aromatic nitrogens is 3. The molecule has 1 aromatic carbocycles. The van der Waals surface area contributed by atoms with E-state index in [1.54, 1.807) is 35.6 Å². The molecule has 0 fully saturated rings. The number of imide groups is 1. The Morgan fingerprint density at radius 3 is 1.77 bits per heavy atom. The van der Waals surface area contributed by atoms with Crippen LogP contribution in [0.5, 0.6) is 0 Å². The maximum atomic E-state index is 12.6. The predicted molar refractivity (Wildman–Crippen MR) is 134 cm³/mol. The van der Waals surface area contributed by atoms with Gasteiger partial charge in [0, 0.05) is 23.8 Å². The third kappa shape index (κ3) is 7.65. The lowest BCUT2D eigenvalue weighted by Gasteiger charge is -2.26. The Kier molecular flexibility index (Phi) is 8.95. The Labute approximate surface area is 234 Å². The number of pyridine rings is 1. The molecule has 10 nitrogen and oxygen atoms in total. The van der Waals surface area contributed by atoms with Gasteiger partial charge in [-0.15, -0.1) is 10.2 Å². The zero-order valence-corrected chi connectivity index (χ0v) is 24.7. The van der Waals surface area contributed by atoms with Crippen molar-refractivity contribution in [3.05, 3.63) is 69.5 Å². The first-order valence-electron chi connectivity index (χ1n) is 12.4. The van der Waals surface area contributed by atoms with Gasteiger partial charge in [-0.1, -0.05) is 53.7 Å². The number of amides is 2. The van der Waals surface area contributed by atoms with E-state index >= 15 is 0 Å². The van der Waals surface area contributed by atoms with Gasteiger partial charge in [0.15, 0.2) is 0 Å². The molecule has 4 rings (SSSR count). The maximum absolute atomic E-state index is 12.6. The molecule has 210 valence electrons. The van der Waals surface area contributed by atoms with Gasteiger partial charge < -0.3 is 0 Å². The molecule has 39 heavy (non-hydrogen) atoms. The molecule has 3 aromatic rings. The third-order valence-corrected chi connectivity index (χ3v) is 7.01. The first-order valence-corrected chi connectivity index (χ1v) is 14.4. The number of hydrogen-bond donors (Lipinski definition) is 0. The number of nitrogens with zero attached hydrogens (tertiary/aromatic N) is 4. The molecule has 0 saturated heterocycles. The summed E-state index contributed by atoms with van der Waals surface area (Å²) in [6.07, 6.45) is 1.31. The van der Waals surface area contributed by atoms with Crippen molar-refractivity contribution in [3.63, 3.8) is 0 Å². The highest BCUT2D eigenvalue weighted by Gasteiger charge is 2.36. The van der Waals surface area contributed by atoms with E-state index in [4.69, 9.17) is 18.6 Å². The van der Waals surface area contributed by atoms with Crippen molar-refractivity contribution < 1.29 is 43.0 Å². The molecule has 0 bridgehead atoms. The molecule has 12 heteroatoms. The second-order valence-corrected chi connectivity index (χ2v) is 13.2.